The highest BCUT2D eigenvalue weighted by atomic mass is 19.1. The van der Waals surface area contributed by atoms with Crippen LogP contribution in [0.3, 0.4) is 0 Å². The maximum Gasteiger partial charge on any atom is 0.165 e. The maximum absolute atomic E-state index is 14.1. The van der Waals surface area contributed by atoms with Gasteiger partial charge >= 0.3 is 0 Å². The lowest BCUT2D eigenvalue weighted by molar-refractivity contribution is -0.112. The van der Waals surface area contributed by atoms with Crippen molar-refractivity contribution in [3.8, 4) is 5.75 Å². The summed E-state index contributed by atoms with van der Waals surface area (Å²) < 4.78 is 31.2. The lowest BCUT2D eigenvalue weighted by atomic mass is 9.91. The summed E-state index contributed by atoms with van der Waals surface area (Å²) in [5.74, 6) is 0.000834. The van der Waals surface area contributed by atoms with Crippen LogP contribution in [0, 0.1) is 5.82 Å². The average Bonchev–Trinajstić information content (AvgIpc) is 2.90. The molecule has 3 rings (SSSR count). The van der Waals surface area contributed by atoms with Crippen LogP contribution in [-0.4, -0.2) is 38.1 Å². The molecule has 2 saturated heterocycles. The fraction of sp³-hybridized carbons (Fsp3) is 0.625. The van der Waals surface area contributed by atoms with Gasteiger partial charge in [-0.05, 0) is 30.7 Å². The number of nitrogens with two attached hydrogens (primary N) is 1. The Hall–Kier alpha value is -1.17. The molecular formula is C16H22FNO3. The summed E-state index contributed by atoms with van der Waals surface area (Å²) in [5.41, 5.74) is 6.16. The number of halogens is 1. The molecule has 2 fully saturated rings. The first-order valence-electron chi connectivity index (χ1n) is 7.58. The van der Waals surface area contributed by atoms with Crippen molar-refractivity contribution in [1.29, 1.82) is 0 Å². The van der Waals surface area contributed by atoms with Gasteiger partial charge in [0.05, 0.1) is 18.8 Å². The Morgan fingerprint density at radius 1 is 1.38 bits per heavy atom. The van der Waals surface area contributed by atoms with Gasteiger partial charge in [-0.1, -0.05) is 6.07 Å². The number of benzene rings is 1. The van der Waals surface area contributed by atoms with E-state index in [4.69, 9.17) is 19.9 Å². The van der Waals surface area contributed by atoms with Crippen molar-refractivity contribution < 1.29 is 18.6 Å². The summed E-state index contributed by atoms with van der Waals surface area (Å²) in [6.07, 6.45) is 3.10. The first-order valence-corrected chi connectivity index (χ1v) is 7.58. The van der Waals surface area contributed by atoms with Gasteiger partial charge in [-0.3, -0.25) is 0 Å². The number of rotatable bonds is 4. The topological polar surface area (TPSA) is 53.7 Å². The Morgan fingerprint density at radius 2 is 2.29 bits per heavy atom. The van der Waals surface area contributed by atoms with Crippen molar-refractivity contribution in [3.05, 3.63) is 29.6 Å². The van der Waals surface area contributed by atoms with Crippen molar-refractivity contribution in [1.82, 2.24) is 0 Å². The summed E-state index contributed by atoms with van der Waals surface area (Å²) in [4.78, 5) is 0. The van der Waals surface area contributed by atoms with Crippen molar-refractivity contribution in [2.24, 2.45) is 5.73 Å². The minimum atomic E-state index is -0.316. The highest BCUT2D eigenvalue weighted by Crippen LogP contribution is 2.35. The summed E-state index contributed by atoms with van der Waals surface area (Å²) in [6.45, 7) is 2.50. The predicted molar refractivity (Wildman–Crippen MR) is 76.9 cm³/mol. The second-order valence-corrected chi connectivity index (χ2v) is 5.87. The molecule has 2 aliphatic rings. The van der Waals surface area contributed by atoms with Crippen LogP contribution in [0.15, 0.2) is 18.2 Å². The van der Waals surface area contributed by atoms with Crippen LogP contribution in [0.1, 0.15) is 24.8 Å². The SMILES string of the molecule is NCCc1ccc(OC2CCOC3(CCOC3)C2)c(F)c1. The third-order valence-electron chi connectivity index (χ3n) is 4.24. The van der Waals surface area contributed by atoms with Crippen molar-refractivity contribution >= 4 is 0 Å². The minimum Gasteiger partial charge on any atom is -0.487 e. The Morgan fingerprint density at radius 3 is 3.00 bits per heavy atom. The fourth-order valence-corrected chi connectivity index (χ4v) is 3.09. The van der Waals surface area contributed by atoms with Crippen LogP contribution in [0.25, 0.3) is 0 Å². The van der Waals surface area contributed by atoms with Gasteiger partial charge in [0.1, 0.15) is 6.10 Å². The molecule has 1 spiro atoms. The molecular weight excluding hydrogens is 273 g/mol. The van der Waals surface area contributed by atoms with E-state index in [9.17, 15) is 4.39 Å². The van der Waals surface area contributed by atoms with Gasteiger partial charge in [-0.2, -0.15) is 0 Å². The van der Waals surface area contributed by atoms with E-state index in [0.717, 1.165) is 31.4 Å². The Kier molecular flexibility index (Phi) is 4.42. The summed E-state index contributed by atoms with van der Waals surface area (Å²) in [7, 11) is 0. The van der Waals surface area contributed by atoms with Gasteiger partial charge in [-0.15, -0.1) is 0 Å². The molecule has 116 valence electrons. The van der Waals surface area contributed by atoms with Crippen molar-refractivity contribution in [2.75, 3.05) is 26.4 Å². The monoisotopic (exact) mass is 295 g/mol. The van der Waals surface area contributed by atoms with Crippen LogP contribution in [0.4, 0.5) is 4.39 Å². The highest BCUT2D eigenvalue weighted by Gasteiger charge is 2.41. The molecule has 2 N–H and O–H groups in total. The number of hydrogen-bond acceptors (Lipinski definition) is 4. The lowest BCUT2D eigenvalue weighted by Crippen LogP contribution is -2.44. The van der Waals surface area contributed by atoms with Gasteiger partial charge in [0.25, 0.3) is 0 Å². The molecule has 0 aromatic heterocycles. The normalized spacial score (nSPS) is 29.0. The molecule has 1 aromatic rings. The van der Waals surface area contributed by atoms with Gasteiger partial charge in [0.2, 0.25) is 0 Å². The van der Waals surface area contributed by atoms with Gasteiger partial charge in [-0.25, -0.2) is 4.39 Å². The maximum atomic E-state index is 14.1. The largest absolute Gasteiger partial charge is 0.487 e. The summed E-state index contributed by atoms with van der Waals surface area (Å²) >= 11 is 0. The van der Waals surface area contributed by atoms with E-state index in [1.165, 1.54) is 6.07 Å². The third-order valence-corrected chi connectivity index (χ3v) is 4.24. The summed E-state index contributed by atoms with van der Waals surface area (Å²) in [6, 6.07) is 5.09. The van der Waals surface area contributed by atoms with Gasteiger partial charge < -0.3 is 19.9 Å². The fourth-order valence-electron chi connectivity index (χ4n) is 3.09. The zero-order valence-electron chi connectivity index (χ0n) is 12.1. The molecule has 0 aliphatic carbocycles. The Labute approximate surface area is 124 Å². The molecule has 2 unspecified atom stereocenters. The molecule has 0 saturated carbocycles. The van der Waals surface area contributed by atoms with E-state index in [0.29, 0.717) is 31.9 Å². The second kappa shape index (κ2) is 6.30. The molecule has 0 amide bonds. The highest BCUT2D eigenvalue weighted by molar-refractivity contribution is 5.29. The van der Waals surface area contributed by atoms with E-state index >= 15 is 0 Å². The smallest absolute Gasteiger partial charge is 0.165 e. The molecule has 0 bridgehead atoms. The number of hydrogen-bond donors (Lipinski definition) is 1. The van der Waals surface area contributed by atoms with Gasteiger partial charge in [0.15, 0.2) is 11.6 Å². The van der Waals surface area contributed by atoms with Crippen LogP contribution >= 0.6 is 0 Å². The lowest BCUT2D eigenvalue weighted by Gasteiger charge is -2.37. The zero-order chi connectivity index (χ0) is 14.7. The molecule has 4 nitrogen and oxygen atoms in total. The first-order chi connectivity index (χ1) is 10.2. The van der Waals surface area contributed by atoms with E-state index in [2.05, 4.69) is 0 Å². The van der Waals surface area contributed by atoms with Crippen molar-refractivity contribution in [2.45, 2.75) is 37.4 Å². The number of ether oxygens (including phenoxy) is 3. The molecule has 2 heterocycles. The molecule has 5 heteroatoms. The van der Waals surface area contributed by atoms with E-state index in [1.807, 2.05) is 6.07 Å². The zero-order valence-corrected chi connectivity index (χ0v) is 12.1. The quantitative estimate of drug-likeness (QED) is 0.923. The van der Waals surface area contributed by atoms with Crippen LogP contribution in [0.2, 0.25) is 0 Å². The van der Waals surface area contributed by atoms with E-state index < -0.39 is 0 Å². The van der Waals surface area contributed by atoms with Crippen LogP contribution in [-0.2, 0) is 15.9 Å². The standard InChI is InChI=1S/C16H22FNO3/c17-14-9-12(3-6-18)1-2-15(14)21-13-4-7-20-16(10-13)5-8-19-11-16/h1-2,9,13H,3-8,10-11,18H2. The average molecular weight is 295 g/mol. The van der Waals surface area contributed by atoms with Crippen LogP contribution in [0.5, 0.6) is 5.75 Å². The first kappa shape index (κ1) is 14.8. The molecule has 21 heavy (non-hydrogen) atoms. The van der Waals surface area contributed by atoms with Crippen LogP contribution < -0.4 is 10.5 Å². The molecule has 0 radical (unpaired) electrons. The Bertz CT molecular complexity index is 488. The molecule has 2 atom stereocenters. The van der Waals surface area contributed by atoms with E-state index in [1.54, 1.807) is 6.07 Å². The van der Waals surface area contributed by atoms with E-state index in [-0.39, 0.29) is 17.5 Å². The van der Waals surface area contributed by atoms with Gasteiger partial charge in [0, 0.05) is 25.9 Å². The Balaban J connectivity index is 1.65. The summed E-state index contributed by atoms with van der Waals surface area (Å²) in [5, 5.41) is 0. The second-order valence-electron chi connectivity index (χ2n) is 5.87. The minimum absolute atomic E-state index is 0.0182. The predicted octanol–water partition coefficient (Wildman–Crippen LogP) is 2.04. The van der Waals surface area contributed by atoms with Crippen molar-refractivity contribution in [3.63, 3.8) is 0 Å². The third kappa shape index (κ3) is 3.36. The molecule has 2 aliphatic heterocycles. The molecule has 1 aromatic carbocycles.